The Bertz CT molecular complexity index is 945. The van der Waals surface area contributed by atoms with Crippen LogP contribution < -0.4 is 9.62 Å². The number of amides is 1. The molecule has 0 aromatic heterocycles. The molecule has 1 aliphatic heterocycles. The molecule has 0 atom stereocenters. The largest absolute Gasteiger partial charge is 0.312 e. The van der Waals surface area contributed by atoms with E-state index in [0.29, 0.717) is 18.7 Å². The van der Waals surface area contributed by atoms with Crippen molar-refractivity contribution in [3.05, 3.63) is 53.6 Å². The summed E-state index contributed by atoms with van der Waals surface area (Å²) in [5.74, 6) is -1.73. The zero-order chi connectivity index (χ0) is 18.2. The number of hydrogen-bond donors (Lipinski definition) is 1. The van der Waals surface area contributed by atoms with Crippen molar-refractivity contribution in [2.24, 2.45) is 0 Å². The monoisotopic (exact) mass is 366 g/mol. The molecule has 0 saturated carbocycles. The molecule has 1 amide bonds. The van der Waals surface area contributed by atoms with Crippen LogP contribution in [-0.4, -0.2) is 20.9 Å². The number of benzene rings is 2. The highest BCUT2D eigenvalue weighted by molar-refractivity contribution is 7.92. The predicted molar refractivity (Wildman–Crippen MR) is 90.0 cm³/mol. The van der Waals surface area contributed by atoms with Gasteiger partial charge >= 0.3 is 0 Å². The standard InChI is InChI=1S/C17H16F2N2O3S/c1-11(22)21-8-2-3-12-9-14(5-7-17(12)21)25(23,24)20-16-10-13(18)4-6-15(16)19/h4-7,9-10,20H,2-3,8H2,1H3. The third-order valence-corrected chi connectivity index (χ3v) is 5.40. The SMILES string of the molecule is CC(=O)N1CCCc2cc(S(=O)(=O)Nc3cc(F)ccc3F)ccc21. The molecule has 0 spiro atoms. The lowest BCUT2D eigenvalue weighted by atomic mass is 10.0. The van der Waals surface area contributed by atoms with Gasteiger partial charge in [0.2, 0.25) is 5.91 Å². The van der Waals surface area contributed by atoms with Crippen LogP contribution in [-0.2, 0) is 21.2 Å². The number of aryl methyl sites for hydroxylation is 1. The number of carbonyl (C=O) groups is 1. The van der Waals surface area contributed by atoms with Crippen molar-refractivity contribution in [3.8, 4) is 0 Å². The topological polar surface area (TPSA) is 66.5 Å². The van der Waals surface area contributed by atoms with Crippen LogP contribution in [0.5, 0.6) is 0 Å². The average molecular weight is 366 g/mol. The Labute approximate surface area is 144 Å². The smallest absolute Gasteiger partial charge is 0.261 e. The summed E-state index contributed by atoms with van der Waals surface area (Å²) in [5.41, 5.74) is 0.946. The molecule has 1 N–H and O–H groups in total. The van der Waals surface area contributed by atoms with Crippen LogP contribution in [0, 0.1) is 11.6 Å². The number of hydrogen-bond acceptors (Lipinski definition) is 3. The van der Waals surface area contributed by atoms with Crippen LogP contribution in [0.15, 0.2) is 41.3 Å². The first kappa shape index (κ1) is 17.3. The van der Waals surface area contributed by atoms with Gasteiger partial charge < -0.3 is 4.90 Å². The lowest BCUT2D eigenvalue weighted by Crippen LogP contribution is -2.33. The van der Waals surface area contributed by atoms with Crippen molar-refractivity contribution in [1.82, 2.24) is 0 Å². The normalized spacial score (nSPS) is 14.1. The highest BCUT2D eigenvalue weighted by Crippen LogP contribution is 2.30. The molecule has 0 aliphatic carbocycles. The van der Waals surface area contributed by atoms with E-state index in [1.54, 1.807) is 11.0 Å². The van der Waals surface area contributed by atoms with Crippen LogP contribution in [0.2, 0.25) is 0 Å². The maximum Gasteiger partial charge on any atom is 0.261 e. The van der Waals surface area contributed by atoms with Crippen molar-refractivity contribution >= 4 is 27.3 Å². The van der Waals surface area contributed by atoms with Crippen LogP contribution >= 0.6 is 0 Å². The van der Waals surface area contributed by atoms with Crippen LogP contribution in [0.3, 0.4) is 0 Å². The molecule has 25 heavy (non-hydrogen) atoms. The summed E-state index contributed by atoms with van der Waals surface area (Å²) >= 11 is 0. The molecule has 0 unspecified atom stereocenters. The first-order valence-electron chi connectivity index (χ1n) is 7.67. The van der Waals surface area contributed by atoms with Gasteiger partial charge in [-0.3, -0.25) is 9.52 Å². The van der Waals surface area contributed by atoms with Gasteiger partial charge in [-0.2, -0.15) is 0 Å². The molecule has 1 heterocycles. The molecule has 2 aromatic rings. The van der Waals surface area contributed by atoms with E-state index in [1.165, 1.54) is 19.1 Å². The van der Waals surface area contributed by atoms with E-state index < -0.39 is 27.3 Å². The van der Waals surface area contributed by atoms with Gasteiger partial charge in [-0.05, 0) is 48.7 Å². The quantitative estimate of drug-likeness (QED) is 0.908. The van der Waals surface area contributed by atoms with Gasteiger partial charge in [0.1, 0.15) is 11.6 Å². The summed E-state index contributed by atoms with van der Waals surface area (Å²) in [7, 11) is -4.08. The van der Waals surface area contributed by atoms with Crippen molar-refractivity contribution in [1.29, 1.82) is 0 Å². The fourth-order valence-electron chi connectivity index (χ4n) is 2.85. The Kier molecular flexibility index (Phi) is 4.47. The number of anilines is 2. The minimum Gasteiger partial charge on any atom is -0.312 e. The van der Waals surface area contributed by atoms with Gasteiger partial charge in [0, 0.05) is 25.2 Å². The summed E-state index contributed by atoms with van der Waals surface area (Å²) in [6.07, 6.45) is 1.36. The molecular weight excluding hydrogens is 350 g/mol. The van der Waals surface area contributed by atoms with Gasteiger partial charge in [-0.1, -0.05) is 0 Å². The third kappa shape index (κ3) is 3.48. The molecule has 0 bridgehead atoms. The van der Waals surface area contributed by atoms with Crippen molar-refractivity contribution in [2.45, 2.75) is 24.7 Å². The number of halogens is 2. The molecule has 0 fully saturated rings. The lowest BCUT2D eigenvalue weighted by molar-refractivity contribution is -0.116. The van der Waals surface area contributed by atoms with Gasteiger partial charge in [0.25, 0.3) is 10.0 Å². The van der Waals surface area contributed by atoms with E-state index in [2.05, 4.69) is 4.72 Å². The van der Waals surface area contributed by atoms with E-state index in [9.17, 15) is 22.0 Å². The second-order valence-electron chi connectivity index (χ2n) is 5.79. The molecular formula is C17H16F2N2O3S. The van der Waals surface area contributed by atoms with Crippen molar-refractivity contribution in [2.75, 3.05) is 16.2 Å². The van der Waals surface area contributed by atoms with E-state index in [0.717, 1.165) is 30.2 Å². The van der Waals surface area contributed by atoms with E-state index >= 15 is 0 Å². The third-order valence-electron chi connectivity index (χ3n) is 4.03. The first-order valence-corrected chi connectivity index (χ1v) is 9.15. The fourth-order valence-corrected chi connectivity index (χ4v) is 3.96. The molecule has 3 rings (SSSR count). The maximum atomic E-state index is 13.7. The lowest BCUT2D eigenvalue weighted by Gasteiger charge is -2.28. The van der Waals surface area contributed by atoms with Crippen LogP contribution in [0.4, 0.5) is 20.2 Å². The summed E-state index contributed by atoms with van der Waals surface area (Å²) in [4.78, 5) is 13.2. The van der Waals surface area contributed by atoms with E-state index in [1.807, 2.05) is 0 Å². The highest BCUT2D eigenvalue weighted by Gasteiger charge is 2.23. The van der Waals surface area contributed by atoms with Crippen LogP contribution in [0.1, 0.15) is 18.9 Å². The number of carbonyl (C=O) groups excluding carboxylic acids is 1. The summed E-state index contributed by atoms with van der Waals surface area (Å²) in [5, 5.41) is 0. The molecule has 132 valence electrons. The first-order chi connectivity index (χ1) is 11.8. The van der Waals surface area contributed by atoms with Gasteiger partial charge in [0.05, 0.1) is 10.6 Å². The molecule has 8 heteroatoms. The Morgan fingerprint density at radius 3 is 2.64 bits per heavy atom. The van der Waals surface area contributed by atoms with Crippen LogP contribution in [0.25, 0.3) is 0 Å². The number of nitrogens with zero attached hydrogens (tertiary/aromatic N) is 1. The Hall–Kier alpha value is -2.48. The second kappa shape index (κ2) is 6.44. The highest BCUT2D eigenvalue weighted by atomic mass is 32.2. The number of rotatable bonds is 3. The number of sulfonamides is 1. The summed E-state index contributed by atoms with van der Waals surface area (Å²) < 4.78 is 54.0. The minimum atomic E-state index is -4.08. The Balaban J connectivity index is 1.96. The predicted octanol–water partition coefficient (Wildman–Crippen LogP) is 3.06. The summed E-state index contributed by atoms with van der Waals surface area (Å²) in [6, 6.07) is 6.91. The average Bonchev–Trinajstić information content (AvgIpc) is 2.56. The van der Waals surface area contributed by atoms with Crippen molar-refractivity contribution < 1.29 is 22.0 Å². The molecule has 0 radical (unpaired) electrons. The molecule has 1 aliphatic rings. The van der Waals surface area contributed by atoms with E-state index in [-0.39, 0.29) is 10.8 Å². The number of fused-ring (bicyclic) bond motifs is 1. The molecule has 0 saturated heterocycles. The fraction of sp³-hybridized carbons (Fsp3) is 0.235. The van der Waals surface area contributed by atoms with Gasteiger partial charge in [-0.25, -0.2) is 17.2 Å². The Morgan fingerprint density at radius 1 is 1.16 bits per heavy atom. The molecule has 5 nitrogen and oxygen atoms in total. The minimum absolute atomic E-state index is 0.0692. The zero-order valence-corrected chi connectivity index (χ0v) is 14.2. The second-order valence-corrected chi connectivity index (χ2v) is 7.48. The van der Waals surface area contributed by atoms with Crippen molar-refractivity contribution in [3.63, 3.8) is 0 Å². The number of nitrogens with one attached hydrogen (secondary N) is 1. The molecule has 2 aromatic carbocycles. The summed E-state index contributed by atoms with van der Waals surface area (Å²) in [6.45, 7) is 2.04. The van der Waals surface area contributed by atoms with E-state index in [4.69, 9.17) is 0 Å². The van der Waals surface area contributed by atoms with Gasteiger partial charge in [-0.15, -0.1) is 0 Å². The zero-order valence-electron chi connectivity index (χ0n) is 13.4. The van der Waals surface area contributed by atoms with Gasteiger partial charge in [0.15, 0.2) is 0 Å². The Morgan fingerprint density at radius 2 is 1.92 bits per heavy atom. The maximum absolute atomic E-state index is 13.7.